The van der Waals surface area contributed by atoms with E-state index in [2.05, 4.69) is 25.8 Å². The van der Waals surface area contributed by atoms with Crippen LogP contribution in [0.2, 0.25) is 0 Å². The predicted octanol–water partition coefficient (Wildman–Crippen LogP) is 3.02. The summed E-state index contributed by atoms with van der Waals surface area (Å²) in [7, 11) is 1.76. The van der Waals surface area contributed by atoms with Crippen LogP contribution in [0.1, 0.15) is 11.5 Å². The van der Waals surface area contributed by atoms with Crippen molar-refractivity contribution in [3.8, 4) is 22.8 Å². The molecule has 0 radical (unpaired) electrons. The topological polar surface area (TPSA) is 98.7 Å². The van der Waals surface area contributed by atoms with Gasteiger partial charge in [0.25, 0.3) is 0 Å². The SMILES string of the molecule is Cc1oc(-c2ccccc2)nc1CC(=O)Nc1cccc(-c2nnnn2C)c1. The minimum Gasteiger partial charge on any atom is -0.441 e. The first kappa shape index (κ1) is 17.6. The second kappa shape index (κ2) is 7.43. The van der Waals surface area contributed by atoms with Crippen LogP contribution >= 0.6 is 0 Å². The summed E-state index contributed by atoms with van der Waals surface area (Å²) in [5.74, 6) is 1.59. The Balaban J connectivity index is 1.48. The lowest BCUT2D eigenvalue weighted by Crippen LogP contribution is -2.15. The number of oxazole rings is 1. The molecular weight excluding hydrogens is 356 g/mol. The fourth-order valence-electron chi connectivity index (χ4n) is 2.86. The van der Waals surface area contributed by atoms with Crippen LogP contribution < -0.4 is 5.32 Å². The average Bonchev–Trinajstić information content (AvgIpc) is 3.28. The van der Waals surface area contributed by atoms with Crippen molar-refractivity contribution >= 4 is 11.6 Å². The average molecular weight is 374 g/mol. The highest BCUT2D eigenvalue weighted by molar-refractivity contribution is 5.92. The molecule has 2 heterocycles. The van der Waals surface area contributed by atoms with Crippen LogP contribution in [0.25, 0.3) is 22.8 Å². The molecule has 1 amide bonds. The molecule has 8 nitrogen and oxygen atoms in total. The molecule has 4 aromatic rings. The number of benzene rings is 2. The Hall–Kier alpha value is -3.81. The van der Waals surface area contributed by atoms with Crippen LogP contribution in [0.5, 0.6) is 0 Å². The molecule has 140 valence electrons. The van der Waals surface area contributed by atoms with Crippen molar-refractivity contribution in [3.63, 3.8) is 0 Å². The van der Waals surface area contributed by atoms with Gasteiger partial charge < -0.3 is 9.73 Å². The number of aryl methyl sites for hydroxylation is 2. The van der Waals surface area contributed by atoms with Gasteiger partial charge in [-0.2, -0.15) is 0 Å². The van der Waals surface area contributed by atoms with Crippen molar-refractivity contribution in [2.75, 3.05) is 5.32 Å². The van der Waals surface area contributed by atoms with Gasteiger partial charge >= 0.3 is 0 Å². The molecule has 8 heteroatoms. The third-order valence-corrected chi connectivity index (χ3v) is 4.27. The van der Waals surface area contributed by atoms with Crippen molar-refractivity contribution in [1.82, 2.24) is 25.2 Å². The number of hydrogen-bond donors (Lipinski definition) is 1. The minimum atomic E-state index is -0.177. The van der Waals surface area contributed by atoms with Gasteiger partial charge in [0.05, 0.1) is 12.1 Å². The number of nitrogens with one attached hydrogen (secondary N) is 1. The molecule has 0 unspecified atom stereocenters. The van der Waals surface area contributed by atoms with Crippen LogP contribution in [0.4, 0.5) is 5.69 Å². The van der Waals surface area contributed by atoms with E-state index in [1.165, 1.54) is 0 Å². The standard InChI is InChI=1S/C20H18N6O2/c1-13-17(22-20(28-13)14-7-4-3-5-8-14)12-18(27)21-16-10-6-9-15(11-16)19-23-24-25-26(19)2/h3-11H,12H2,1-2H3,(H,21,27). The Kier molecular flexibility index (Phi) is 4.67. The highest BCUT2D eigenvalue weighted by atomic mass is 16.4. The van der Waals surface area contributed by atoms with Crippen LogP contribution in [0.15, 0.2) is 59.0 Å². The smallest absolute Gasteiger partial charge is 0.230 e. The van der Waals surface area contributed by atoms with Crippen molar-refractivity contribution in [2.24, 2.45) is 7.05 Å². The van der Waals surface area contributed by atoms with Crippen LogP contribution in [0, 0.1) is 6.92 Å². The largest absolute Gasteiger partial charge is 0.441 e. The molecule has 0 bridgehead atoms. The molecule has 1 N–H and O–H groups in total. The first-order chi connectivity index (χ1) is 13.6. The number of carbonyl (C=O) groups is 1. The van der Waals surface area contributed by atoms with Gasteiger partial charge in [0, 0.05) is 23.9 Å². The second-order valence-corrected chi connectivity index (χ2v) is 6.32. The van der Waals surface area contributed by atoms with Gasteiger partial charge in [-0.1, -0.05) is 30.3 Å². The lowest BCUT2D eigenvalue weighted by molar-refractivity contribution is -0.115. The molecular formula is C20H18N6O2. The van der Waals surface area contributed by atoms with E-state index in [0.717, 1.165) is 11.1 Å². The molecule has 0 aliphatic carbocycles. The molecule has 0 saturated heterocycles. The molecule has 0 aliphatic heterocycles. The molecule has 28 heavy (non-hydrogen) atoms. The van der Waals surface area contributed by atoms with Crippen molar-refractivity contribution in [1.29, 1.82) is 0 Å². The molecule has 2 aromatic heterocycles. The summed E-state index contributed by atoms with van der Waals surface area (Å²) in [6.07, 6.45) is 0.123. The summed E-state index contributed by atoms with van der Waals surface area (Å²) in [6, 6.07) is 17.0. The Labute approximate surface area is 161 Å². The third-order valence-electron chi connectivity index (χ3n) is 4.27. The van der Waals surface area contributed by atoms with Gasteiger partial charge in [0.1, 0.15) is 5.76 Å². The maximum Gasteiger partial charge on any atom is 0.230 e. The summed E-state index contributed by atoms with van der Waals surface area (Å²) in [4.78, 5) is 17.0. The summed E-state index contributed by atoms with van der Waals surface area (Å²) < 4.78 is 7.29. The van der Waals surface area contributed by atoms with E-state index < -0.39 is 0 Å². The maximum absolute atomic E-state index is 12.5. The van der Waals surface area contributed by atoms with Crippen molar-refractivity contribution in [3.05, 3.63) is 66.1 Å². The summed E-state index contributed by atoms with van der Waals surface area (Å²) >= 11 is 0. The van der Waals surface area contributed by atoms with Crippen LogP contribution in [0.3, 0.4) is 0 Å². The zero-order chi connectivity index (χ0) is 19.5. The predicted molar refractivity (Wildman–Crippen MR) is 103 cm³/mol. The van der Waals surface area contributed by atoms with E-state index in [0.29, 0.717) is 28.9 Å². The number of hydrogen-bond acceptors (Lipinski definition) is 6. The molecule has 0 saturated carbocycles. The Bertz CT molecular complexity index is 1120. The highest BCUT2D eigenvalue weighted by Gasteiger charge is 2.15. The second-order valence-electron chi connectivity index (χ2n) is 6.32. The quantitative estimate of drug-likeness (QED) is 0.576. The first-order valence-corrected chi connectivity index (χ1v) is 8.74. The van der Waals surface area contributed by atoms with Gasteiger partial charge in [-0.15, -0.1) is 5.10 Å². The zero-order valence-electron chi connectivity index (χ0n) is 15.5. The van der Waals surface area contributed by atoms with Crippen molar-refractivity contribution < 1.29 is 9.21 Å². The fraction of sp³-hybridized carbons (Fsp3) is 0.150. The van der Waals surface area contributed by atoms with Crippen LogP contribution in [-0.4, -0.2) is 31.1 Å². The molecule has 0 aliphatic rings. The molecule has 2 aromatic carbocycles. The van der Waals surface area contributed by atoms with Crippen LogP contribution in [-0.2, 0) is 18.3 Å². The highest BCUT2D eigenvalue weighted by Crippen LogP contribution is 2.23. The number of nitrogens with zero attached hydrogens (tertiary/aromatic N) is 5. The Morgan fingerprint density at radius 3 is 2.64 bits per heavy atom. The zero-order valence-corrected chi connectivity index (χ0v) is 15.5. The number of aromatic nitrogens is 5. The van der Waals surface area contributed by atoms with E-state index in [9.17, 15) is 4.79 Å². The fourth-order valence-corrected chi connectivity index (χ4v) is 2.86. The summed E-state index contributed by atoms with van der Waals surface area (Å²) in [6.45, 7) is 1.81. The number of carbonyl (C=O) groups excluding carboxylic acids is 1. The maximum atomic E-state index is 12.5. The number of amides is 1. The van der Waals surface area contributed by atoms with Gasteiger partial charge in [-0.05, 0) is 41.6 Å². The van der Waals surface area contributed by atoms with Gasteiger partial charge in [0.15, 0.2) is 5.82 Å². The monoisotopic (exact) mass is 374 g/mol. The van der Waals surface area contributed by atoms with E-state index in [-0.39, 0.29) is 12.3 Å². The van der Waals surface area contributed by atoms with Crippen molar-refractivity contribution in [2.45, 2.75) is 13.3 Å². The van der Waals surface area contributed by atoms with Gasteiger partial charge in [-0.3, -0.25) is 4.79 Å². The summed E-state index contributed by atoms with van der Waals surface area (Å²) in [5, 5.41) is 14.3. The molecule has 0 atom stereocenters. The lowest BCUT2D eigenvalue weighted by Gasteiger charge is -2.06. The summed E-state index contributed by atoms with van der Waals surface area (Å²) in [5.41, 5.74) is 2.97. The van der Waals surface area contributed by atoms with Gasteiger partial charge in [0.2, 0.25) is 11.8 Å². The lowest BCUT2D eigenvalue weighted by atomic mass is 10.2. The Morgan fingerprint density at radius 1 is 1.11 bits per heavy atom. The number of tetrazole rings is 1. The van der Waals surface area contributed by atoms with E-state index in [1.807, 2.05) is 61.5 Å². The van der Waals surface area contributed by atoms with E-state index >= 15 is 0 Å². The van der Waals surface area contributed by atoms with E-state index in [1.54, 1.807) is 11.7 Å². The molecule has 4 rings (SSSR count). The molecule has 0 fully saturated rings. The first-order valence-electron chi connectivity index (χ1n) is 8.74. The number of anilines is 1. The normalized spacial score (nSPS) is 10.8. The minimum absolute atomic E-state index is 0.123. The van der Waals surface area contributed by atoms with E-state index in [4.69, 9.17) is 4.42 Å². The number of rotatable bonds is 5. The molecule has 0 spiro atoms. The third kappa shape index (κ3) is 3.66. The van der Waals surface area contributed by atoms with Gasteiger partial charge in [-0.25, -0.2) is 9.67 Å². The Morgan fingerprint density at radius 2 is 1.89 bits per heavy atom.